The fraction of sp³-hybridized carbons (Fsp3) is 0.133. The highest BCUT2D eigenvalue weighted by molar-refractivity contribution is 5.87. The maximum absolute atomic E-state index is 12.7. The van der Waals surface area contributed by atoms with Crippen molar-refractivity contribution in [2.75, 3.05) is 11.9 Å². The Bertz CT molecular complexity index is 549. The minimum atomic E-state index is -0.920. The Hall–Kier alpha value is -2.36. The van der Waals surface area contributed by atoms with Crippen molar-refractivity contribution >= 4 is 11.7 Å². The first kappa shape index (κ1) is 13.1. The van der Waals surface area contributed by atoms with Gasteiger partial charge in [-0.25, -0.2) is 9.18 Å². The van der Waals surface area contributed by atoms with Crippen LogP contribution in [0.2, 0.25) is 0 Å². The number of carboxylic acids is 1. The van der Waals surface area contributed by atoms with Crippen LogP contribution in [0.4, 0.5) is 10.1 Å². The number of carboxylic acid groups (broad SMARTS) is 1. The molecule has 0 amide bonds. The zero-order valence-electron chi connectivity index (χ0n) is 10.3. The molecule has 2 aromatic rings. The van der Waals surface area contributed by atoms with Gasteiger partial charge in [-0.05, 0) is 48.4 Å². The minimum Gasteiger partial charge on any atom is -0.478 e. The van der Waals surface area contributed by atoms with Crippen molar-refractivity contribution < 1.29 is 14.3 Å². The van der Waals surface area contributed by atoms with E-state index in [0.29, 0.717) is 6.54 Å². The van der Waals surface area contributed by atoms with Gasteiger partial charge >= 0.3 is 5.97 Å². The lowest BCUT2D eigenvalue weighted by atomic mass is 10.1. The second kappa shape index (κ2) is 6.00. The van der Waals surface area contributed by atoms with E-state index in [2.05, 4.69) is 5.32 Å². The quantitative estimate of drug-likeness (QED) is 0.867. The van der Waals surface area contributed by atoms with E-state index in [1.54, 1.807) is 36.4 Å². The molecule has 0 aliphatic rings. The van der Waals surface area contributed by atoms with Crippen molar-refractivity contribution in [2.45, 2.75) is 6.42 Å². The Morgan fingerprint density at radius 3 is 2.26 bits per heavy atom. The molecule has 0 saturated carbocycles. The Balaban J connectivity index is 1.85. The average Bonchev–Trinajstić information content (AvgIpc) is 2.41. The molecule has 2 N–H and O–H groups in total. The van der Waals surface area contributed by atoms with Crippen LogP contribution in [0.5, 0.6) is 0 Å². The highest BCUT2D eigenvalue weighted by atomic mass is 19.1. The van der Waals surface area contributed by atoms with Gasteiger partial charge in [0.05, 0.1) is 5.56 Å². The summed E-state index contributed by atoms with van der Waals surface area (Å²) in [6, 6.07) is 13.0. The average molecular weight is 259 g/mol. The van der Waals surface area contributed by atoms with Crippen molar-refractivity contribution in [2.24, 2.45) is 0 Å². The number of hydrogen-bond acceptors (Lipinski definition) is 2. The zero-order valence-corrected chi connectivity index (χ0v) is 10.3. The van der Waals surface area contributed by atoms with Crippen LogP contribution in [0.15, 0.2) is 48.5 Å². The van der Waals surface area contributed by atoms with Gasteiger partial charge in [-0.1, -0.05) is 12.1 Å². The summed E-state index contributed by atoms with van der Waals surface area (Å²) in [5.74, 6) is -1.18. The maximum atomic E-state index is 12.7. The predicted octanol–water partition coefficient (Wildman–Crippen LogP) is 3.18. The molecule has 3 nitrogen and oxygen atoms in total. The molecule has 0 saturated heterocycles. The third kappa shape index (κ3) is 3.81. The molecule has 0 heterocycles. The number of nitrogens with one attached hydrogen (secondary N) is 1. The summed E-state index contributed by atoms with van der Waals surface area (Å²) < 4.78 is 12.7. The number of hydrogen-bond donors (Lipinski definition) is 2. The standard InChI is InChI=1S/C15H14FNO2/c16-13-5-7-14(8-6-13)17-10-9-11-1-3-12(4-2-11)15(18)19/h1-8,17H,9-10H2,(H,18,19). The molecule has 0 radical (unpaired) electrons. The van der Waals surface area contributed by atoms with E-state index in [4.69, 9.17) is 5.11 Å². The second-order valence-electron chi connectivity index (χ2n) is 4.19. The van der Waals surface area contributed by atoms with E-state index >= 15 is 0 Å². The Morgan fingerprint density at radius 1 is 1.05 bits per heavy atom. The first-order valence-electron chi connectivity index (χ1n) is 5.97. The van der Waals surface area contributed by atoms with E-state index in [1.165, 1.54) is 12.1 Å². The van der Waals surface area contributed by atoms with Crippen molar-refractivity contribution in [1.29, 1.82) is 0 Å². The number of halogens is 1. The van der Waals surface area contributed by atoms with E-state index < -0.39 is 5.97 Å². The van der Waals surface area contributed by atoms with Crippen LogP contribution >= 0.6 is 0 Å². The van der Waals surface area contributed by atoms with Gasteiger partial charge in [0.15, 0.2) is 0 Å². The van der Waals surface area contributed by atoms with Crippen molar-refractivity contribution in [3.05, 3.63) is 65.5 Å². The lowest BCUT2D eigenvalue weighted by molar-refractivity contribution is 0.0697. The van der Waals surface area contributed by atoms with Gasteiger partial charge in [0.2, 0.25) is 0 Å². The molecule has 2 aromatic carbocycles. The summed E-state index contributed by atoms with van der Waals surface area (Å²) in [5.41, 5.74) is 2.21. The highest BCUT2D eigenvalue weighted by Gasteiger charge is 2.01. The fourth-order valence-corrected chi connectivity index (χ4v) is 1.73. The molecule has 98 valence electrons. The molecule has 0 atom stereocenters. The number of anilines is 1. The molecule has 0 aliphatic heterocycles. The SMILES string of the molecule is O=C(O)c1ccc(CCNc2ccc(F)cc2)cc1. The number of aromatic carboxylic acids is 1. The maximum Gasteiger partial charge on any atom is 0.335 e. The lowest BCUT2D eigenvalue weighted by Crippen LogP contribution is -2.05. The van der Waals surface area contributed by atoms with Crippen LogP contribution in [-0.4, -0.2) is 17.6 Å². The predicted molar refractivity (Wildman–Crippen MR) is 72.0 cm³/mol. The van der Waals surface area contributed by atoms with Crippen LogP contribution < -0.4 is 5.32 Å². The zero-order chi connectivity index (χ0) is 13.7. The van der Waals surface area contributed by atoms with Gasteiger partial charge in [-0.3, -0.25) is 0 Å². The van der Waals surface area contributed by atoms with Crippen molar-refractivity contribution in [3.63, 3.8) is 0 Å². The van der Waals surface area contributed by atoms with Gasteiger partial charge in [0.25, 0.3) is 0 Å². The van der Waals surface area contributed by atoms with Crippen molar-refractivity contribution in [1.82, 2.24) is 0 Å². The van der Waals surface area contributed by atoms with Crippen molar-refractivity contribution in [3.8, 4) is 0 Å². The molecule has 2 rings (SSSR count). The topological polar surface area (TPSA) is 49.3 Å². The monoisotopic (exact) mass is 259 g/mol. The first-order chi connectivity index (χ1) is 9.15. The lowest BCUT2D eigenvalue weighted by Gasteiger charge is -2.06. The number of carbonyl (C=O) groups is 1. The molecular formula is C15H14FNO2. The van der Waals surface area contributed by atoms with Crippen LogP contribution in [-0.2, 0) is 6.42 Å². The smallest absolute Gasteiger partial charge is 0.335 e. The third-order valence-electron chi connectivity index (χ3n) is 2.79. The molecule has 4 heteroatoms. The number of rotatable bonds is 5. The molecule has 0 aliphatic carbocycles. The summed E-state index contributed by atoms with van der Waals surface area (Å²) in [4.78, 5) is 10.7. The minimum absolute atomic E-state index is 0.255. The molecule has 19 heavy (non-hydrogen) atoms. The Kier molecular flexibility index (Phi) is 4.13. The van der Waals surface area contributed by atoms with Gasteiger partial charge in [-0.2, -0.15) is 0 Å². The van der Waals surface area contributed by atoms with Gasteiger partial charge in [0.1, 0.15) is 5.82 Å². The van der Waals surface area contributed by atoms with Gasteiger partial charge in [0, 0.05) is 12.2 Å². The van der Waals surface area contributed by atoms with E-state index in [-0.39, 0.29) is 11.4 Å². The Morgan fingerprint density at radius 2 is 1.68 bits per heavy atom. The summed E-state index contributed by atoms with van der Waals surface area (Å²) in [7, 11) is 0. The van der Waals surface area contributed by atoms with Crippen LogP contribution in [0, 0.1) is 5.82 Å². The van der Waals surface area contributed by atoms with Gasteiger partial charge < -0.3 is 10.4 Å². The van der Waals surface area contributed by atoms with E-state index in [1.807, 2.05) is 0 Å². The summed E-state index contributed by atoms with van der Waals surface area (Å²) in [6.45, 7) is 0.706. The third-order valence-corrected chi connectivity index (χ3v) is 2.79. The van der Waals surface area contributed by atoms with Gasteiger partial charge in [-0.15, -0.1) is 0 Å². The largest absolute Gasteiger partial charge is 0.478 e. The normalized spacial score (nSPS) is 10.2. The first-order valence-corrected chi connectivity index (χ1v) is 5.97. The number of benzene rings is 2. The highest BCUT2D eigenvalue weighted by Crippen LogP contribution is 2.09. The van der Waals surface area contributed by atoms with Crippen LogP contribution in [0.1, 0.15) is 15.9 Å². The fourth-order valence-electron chi connectivity index (χ4n) is 1.73. The summed E-state index contributed by atoms with van der Waals surface area (Å²) in [6.07, 6.45) is 0.775. The molecule has 0 bridgehead atoms. The summed E-state index contributed by atoms with van der Waals surface area (Å²) >= 11 is 0. The second-order valence-corrected chi connectivity index (χ2v) is 4.19. The summed E-state index contributed by atoms with van der Waals surface area (Å²) in [5, 5.41) is 12.0. The molecule has 0 aromatic heterocycles. The molecule has 0 spiro atoms. The van der Waals surface area contributed by atoms with Crippen LogP contribution in [0.3, 0.4) is 0 Å². The molecule has 0 unspecified atom stereocenters. The van der Waals surface area contributed by atoms with Crippen LogP contribution in [0.25, 0.3) is 0 Å². The van der Waals surface area contributed by atoms with E-state index in [9.17, 15) is 9.18 Å². The molecule has 0 fully saturated rings. The van der Waals surface area contributed by atoms with E-state index in [0.717, 1.165) is 17.7 Å². The Labute approximate surface area is 110 Å². The molecular weight excluding hydrogens is 245 g/mol.